The third kappa shape index (κ3) is 68.0. The lowest BCUT2D eigenvalue weighted by Crippen LogP contribution is -2.37. The van der Waals surface area contributed by atoms with Gasteiger partial charge in [-0.2, -0.15) is 0 Å². The van der Waals surface area contributed by atoms with E-state index < -0.39 is 26.5 Å². The van der Waals surface area contributed by atoms with Crippen LogP contribution in [0.25, 0.3) is 0 Å². The van der Waals surface area contributed by atoms with Crippen LogP contribution in [0, 0.1) is 0 Å². The van der Waals surface area contributed by atoms with Crippen LogP contribution >= 0.6 is 7.82 Å². The molecular weight excluding hydrogens is 1060 g/mol. The van der Waals surface area contributed by atoms with Crippen molar-refractivity contribution in [1.82, 2.24) is 0 Å². The number of carbonyl (C=O) groups is 2. The van der Waals surface area contributed by atoms with E-state index in [1.165, 1.54) is 199 Å². The molecule has 84 heavy (non-hydrogen) atoms. The summed E-state index contributed by atoms with van der Waals surface area (Å²) in [5.74, 6) is -0.790. The summed E-state index contributed by atoms with van der Waals surface area (Å²) in [6.07, 6.45) is 89.4. The summed E-state index contributed by atoms with van der Waals surface area (Å²) in [6.45, 7) is 4.34. The molecule has 0 aliphatic heterocycles. The summed E-state index contributed by atoms with van der Waals surface area (Å²) >= 11 is 0. The summed E-state index contributed by atoms with van der Waals surface area (Å²) in [4.78, 5) is 35.9. The highest BCUT2D eigenvalue weighted by Crippen LogP contribution is 2.43. The number of quaternary nitrogens is 1. The monoisotopic (exact) mass is 1190 g/mol. The van der Waals surface area contributed by atoms with Crippen molar-refractivity contribution >= 4 is 19.8 Å². The van der Waals surface area contributed by atoms with Crippen LogP contribution in [0.3, 0.4) is 0 Å². The van der Waals surface area contributed by atoms with E-state index in [1.807, 2.05) is 21.1 Å². The number of rotatable bonds is 64. The quantitative estimate of drug-likeness (QED) is 0.0211. The number of nitrogens with zero attached hydrogens (tertiary/aromatic N) is 1. The highest BCUT2D eigenvalue weighted by molar-refractivity contribution is 7.47. The van der Waals surface area contributed by atoms with Crippen molar-refractivity contribution in [3.8, 4) is 0 Å². The summed E-state index contributed by atoms with van der Waals surface area (Å²) in [7, 11) is 1.48. The number of carbonyl (C=O) groups excluding carboxylic acids is 2. The van der Waals surface area contributed by atoms with E-state index in [-0.39, 0.29) is 32.0 Å². The SMILES string of the molecule is CC/C=C\C/C=C\C/C=C\C/C=C\C/C=C\C/C=C\CCCCCCCCCCCCCCCCCCCCC(=O)OC(COC(=O)CCCCCCCCCCCCC/C=C\C/C=C\CCCCCCC)COP(=O)(O)OCC[N+](C)(C)C. The Morgan fingerprint density at radius 2 is 0.679 bits per heavy atom. The Bertz CT molecular complexity index is 1740. The average molecular weight is 1200 g/mol. The Morgan fingerprint density at radius 1 is 0.381 bits per heavy atom. The van der Waals surface area contributed by atoms with E-state index in [4.69, 9.17) is 18.5 Å². The predicted molar refractivity (Wildman–Crippen MR) is 362 cm³/mol. The van der Waals surface area contributed by atoms with Crippen molar-refractivity contribution in [3.05, 3.63) is 97.2 Å². The van der Waals surface area contributed by atoms with Crippen LogP contribution in [0.2, 0.25) is 0 Å². The molecule has 0 fully saturated rings. The molecule has 2 unspecified atom stereocenters. The van der Waals surface area contributed by atoms with Crippen molar-refractivity contribution < 1.29 is 42.1 Å². The zero-order chi connectivity index (χ0) is 61.2. The molecule has 9 nitrogen and oxygen atoms in total. The van der Waals surface area contributed by atoms with Crippen LogP contribution in [0.5, 0.6) is 0 Å². The van der Waals surface area contributed by atoms with Gasteiger partial charge in [-0.15, -0.1) is 0 Å². The molecule has 0 amide bonds. The minimum absolute atomic E-state index is 0.0299. The number of likely N-dealkylation sites (N-methyl/N-ethyl adjacent to an activating group) is 1. The van der Waals surface area contributed by atoms with Crippen molar-refractivity contribution in [3.63, 3.8) is 0 Å². The Labute approximate surface area is 519 Å². The molecule has 0 spiro atoms. The molecule has 486 valence electrons. The first-order valence-electron chi connectivity index (χ1n) is 35.0. The molecule has 0 saturated carbocycles. The van der Waals surface area contributed by atoms with E-state index in [1.54, 1.807) is 0 Å². The standard InChI is InChI=1S/C74H132NO8P/c1-6-8-10-12-14-16-18-20-22-24-26-28-30-31-32-33-34-35-36-37-38-39-40-41-42-43-45-47-49-51-53-55-57-59-61-63-65-67-74(77)83-72(71-82-84(78,79)81-69-68-75(3,4)5)70-80-73(76)66-64-62-60-58-56-54-52-50-48-46-44-29-27-25-23-21-19-17-15-13-11-9-7-2/h8,10,14,16,19-22,25-28,31-32,34-35,72H,6-7,9,11-13,15,17-18,23-24,29-30,33,36-71H2,1-5H3/p+1/b10-8-,16-14-,21-19-,22-20-,27-25-,28-26-,32-31-,35-34-. The van der Waals surface area contributed by atoms with Gasteiger partial charge in [-0.1, -0.05) is 297 Å². The molecule has 0 aromatic rings. The minimum Gasteiger partial charge on any atom is -0.462 e. The fraction of sp³-hybridized carbons (Fsp3) is 0.757. The second kappa shape index (κ2) is 64.4. The number of hydrogen-bond donors (Lipinski definition) is 1. The van der Waals surface area contributed by atoms with Crippen LogP contribution < -0.4 is 0 Å². The van der Waals surface area contributed by atoms with Crippen molar-refractivity contribution in [1.29, 1.82) is 0 Å². The van der Waals surface area contributed by atoms with Gasteiger partial charge in [0.15, 0.2) is 6.10 Å². The number of hydrogen-bond acceptors (Lipinski definition) is 7. The highest BCUT2D eigenvalue weighted by atomic mass is 31.2. The second-order valence-electron chi connectivity index (χ2n) is 24.5. The normalized spacial score (nSPS) is 13.7. The Kier molecular flexibility index (Phi) is 62.1. The molecule has 0 aromatic heterocycles. The van der Waals surface area contributed by atoms with Crippen molar-refractivity contribution in [2.45, 2.75) is 315 Å². The molecule has 0 heterocycles. The van der Waals surface area contributed by atoms with Crippen LogP contribution in [-0.4, -0.2) is 74.9 Å². The minimum atomic E-state index is -4.39. The first kappa shape index (κ1) is 80.9. The maximum atomic E-state index is 12.9. The van der Waals surface area contributed by atoms with Crippen LogP contribution in [-0.2, 0) is 32.7 Å². The predicted octanol–water partition coefficient (Wildman–Crippen LogP) is 22.7. The molecule has 10 heteroatoms. The van der Waals surface area contributed by atoms with Gasteiger partial charge >= 0.3 is 19.8 Å². The van der Waals surface area contributed by atoms with Gasteiger partial charge in [-0.05, 0) is 96.3 Å². The van der Waals surface area contributed by atoms with Gasteiger partial charge in [0.2, 0.25) is 0 Å². The van der Waals surface area contributed by atoms with Gasteiger partial charge in [-0.3, -0.25) is 18.6 Å². The van der Waals surface area contributed by atoms with Gasteiger partial charge in [0.25, 0.3) is 0 Å². The smallest absolute Gasteiger partial charge is 0.462 e. The molecule has 2 atom stereocenters. The number of phosphoric ester groups is 1. The van der Waals surface area contributed by atoms with Crippen molar-refractivity contribution in [2.24, 2.45) is 0 Å². The molecule has 0 aromatic carbocycles. The summed E-state index contributed by atoms with van der Waals surface area (Å²) in [5, 5.41) is 0. The largest absolute Gasteiger partial charge is 0.472 e. The van der Waals surface area contributed by atoms with Gasteiger partial charge in [0.05, 0.1) is 27.7 Å². The number of esters is 2. The lowest BCUT2D eigenvalue weighted by atomic mass is 10.0. The average Bonchev–Trinajstić information content (AvgIpc) is 3.61. The third-order valence-electron chi connectivity index (χ3n) is 15.1. The summed E-state index contributed by atoms with van der Waals surface area (Å²) in [6, 6.07) is 0. The molecular formula is C74H133NO8P+. The van der Waals surface area contributed by atoms with E-state index in [2.05, 4.69) is 111 Å². The maximum Gasteiger partial charge on any atom is 0.472 e. The van der Waals surface area contributed by atoms with Crippen LogP contribution in [0.15, 0.2) is 97.2 Å². The second-order valence-corrected chi connectivity index (χ2v) is 26.0. The molecule has 0 aliphatic carbocycles. The number of phosphoric acid groups is 1. The molecule has 0 rings (SSSR count). The summed E-state index contributed by atoms with van der Waals surface area (Å²) in [5.41, 5.74) is 0. The molecule has 0 saturated heterocycles. The number of unbranched alkanes of at least 4 members (excludes halogenated alkanes) is 34. The van der Waals surface area contributed by atoms with Gasteiger partial charge in [0, 0.05) is 12.8 Å². The highest BCUT2D eigenvalue weighted by Gasteiger charge is 2.27. The van der Waals surface area contributed by atoms with Gasteiger partial charge in [-0.25, -0.2) is 4.57 Å². The Hall–Kier alpha value is -3.07. The van der Waals surface area contributed by atoms with Crippen LogP contribution in [0.4, 0.5) is 0 Å². The van der Waals surface area contributed by atoms with E-state index in [9.17, 15) is 19.0 Å². The lowest BCUT2D eigenvalue weighted by Gasteiger charge is -2.24. The van der Waals surface area contributed by atoms with Gasteiger partial charge < -0.3 is 18.9 Å². The van der Waals surface area contributed by atoms with E-state index in [0.717, 1.165) is 77.0 Å². The van der Waals surface area contributed by atoms with Gasteiger partial charge in [0.1, 0.15) is 19.8 Å². The molecule has 0 radical (unpaired) electrons. The van der Waals surface area contributed by atoms with Crippen molar-refractivity contribution in [2.75, 3.05) is 47.5 Å². The number of ether oxygens (including phenoxy) is 2. The lowest BCUT2D eigenvalue weighted by molar-refractivity contribution is -0.870. The van der Waals surface area contributed by atoms with E-state index >= 15 is 0 Å². The van der Waals surface area contributed by atoms with E-state index in [0.29, 0.717) is 17.4 Å². The maximum absolute atomic E-state index is 12.9. The molecule has 0 bridgehead atoms. The fourth-order valence-electron chi connectivity index (χ4n) is 9.76. The number of allylic oxidation sites excluding steroid dienone is 16. The first-order chi connectivity index (χ1) is 41.0. The molecule has 1 N–H and O–H groups in total. The summed E-state index contributed by atoms with van der Waals surface area (Å²) < 4.78 is 34.7. The zero-order valence-corrected chi connectivity index (χ0v) is 56.3. The Morgan fingerprint density at radius 3 is 1.01 bits per heavy atom. The first-order valence-corrected chi connectivity index (χ1v) is 36.5. The zero-order valence-electron chi connectivity index (χ0n) is 55.4. The topological polar surface area (TPSA) is 108 Å². The fourth-order valence-corrected chi connectivity index (χ4v) is 10.5. The Balaban J connectivity index is 4.01. The third-order valence-corrected chi connectivity index (χ3v) is 16.1. The molecule has 0 aliphatic rings. The van der Waals surface area contributed by atoms with Crippen LogP contribution in [0.1, 0.15) is 309 Å².